The van der Waals surface area contributed by atoms with E-state index in [1.54, 1.807) is 36.4 Å². The summed E-state index contributed by atoms with van der Waals surface area (Å²) < 4.78 is 1.96. The summed E-state index contributed by atoms with van der Waals surface area (Å²) in [5.74, 6) is -0.00332. The van der Waals surface area contributed by atoms with E-state index < -0.39 is 0 Å². The first kappa shape index (κ1) is 22.6. The van der Waals surface area contributed by atoms with Crippen LogP contribution in [-0.2, 0) is 11.3 Å². The second-order valence-corrected chi connectivity index (χ2v) is 8.42. The minimum atomic E-state index is -0.383. The van der Waals surface area contributed by atoms with Crippen LogP contribution in [0.25, 0.3) is 11.4 Å². The van der Waals surface area contributed by atoms with Gasteiger partial charge in [-0.25, -0.2) is 0 Å². The lowest BCUT2D eigenvalue weighted by Crippen LogP contribution is -2.42. The van der Waals surface area contributed by atoms with E-state index in [2.05, 4.69) is 21.0 Å². The summed E-state index contributed by atoms with van der Waals surface area (Å²) >= 11 is 7.27. The molecule has 0 aliphatic heterocycles. The second-order valence-electron chi connectivity index (χ2n) is 7.04. The fraction of sp³-hybridized carbons (Fsp3) is 0.0833. The minimum absolute atomic E-state index is 0.0581. The van der Waals surface area contributed by atoms with E-state index in [0.717, 1.165) is 11.1 Å². The number of nitrogens with one attached hydrogen (secondary N) is 2. The fourth-order valence-electron chi connectivity index (χ4n) is 3.07. The van der Waals surface area contributed by atoms with Crippen molar-refractivity contribution in [2.24, 2.45) is 0 Å². The maximum atomic E-state index is 12.3. The molecule has 0 unspecified atom stereocenters. The first-order valence-electron chi connectivity index (χ1n) is 10.1. The molecule has 2 amide bonds. The third-order valence-electron chi connectivity index (χ3n) is 4.69. The first-order chi connectivity index (χ1) is 16.1. The lowest BCUT2D eigenvalue weighted by molar-refractivity contribution is -0.119. The molecule has 166 valence electrons. The lowest BCUT2D eigenvalue weighted by atomic mass is 10.2. The number of aromatic nitrogens is 3. The van der Waals surface area contributed by atoms with Gasteiger partial charge in [0.05, 0.1) is 12.3 Å². The van der Waals surface area contributed by atoms with Crippen molar-refractivity contribution in [3.63, 3.8) is 0 Å². The van der Waals surface area contributed by atoms with Crippen LogP contribution in [0, 0.1) is 0 Å². The number of benzene rings is 3. The lowest BCUT2D eigenvalue weighted by Gasteiger charge is -2.11. The zero-order chi connectivity index (χ0) is 23.0. The molecule has 33 heavy (non-hydrogen) atoms. The Morgan fingerprint density at radius 1 is 0.848 bits per heavy atom. The fourth-order valence-corrected chi connectivity index (χ4v) is 3.93. The predicted octanol–water partition coefficient (Wildman–Crippen LogP) is 4.20. The van der Waals surface area contributed by atoms with Crippen LogP contribution in [-0.4, -0.2) is 32.3 Å². The summed E-state index contributed by atoms with van der Waals surface area (Å²) in [6.45, 7) is 0.542. The number of carbonyl (C=O) groups excluding carboxylic acids is 2. The minimum Gasteiger partial charge on any atom is -0.298 e. The molecular formula is C24H20ClN5O2S. The number of carbonyl (C=O) groups is 2. The number of thioether (sulfide) groups is 1. The normalized spacial score (nSPS) is 10.6. The van der Waals surface area contributed by atoms with E-state index in [9.17, 15) is 9.59 Å². The highest BCUT2D eigenvalue weighted by Crippen LogP contribution is 2.26. The van der Waals surface area contributed by atoms with E-state index in [4.69, 9.17) is 11.6 Å². The Balaban J connectivity index is 1.45. The van der Waals surface area contributed by atoms with Gasteiger partial charge in [-0.2, -0.15) is 0 Å². The quantitative estimate of drug-likeness (QED) is 0.307. The largest absolute Gasteiger partial charge is 0.298 e. The number of hydrogen-bond acceptors (Lipinski definition) is 5. The molecular weight excluding hydrogens is 458 g/mol. The average Bonchev–Trinajstić information content (AvgIpc) is 3.25. The molecule has 1 heterocycles. The van der Waals surface area contributed by atoms with Crippen molar-refractivity contribution in [2.45, 2.75) is 11.7 Å². The molecule has 0 saturated heterocycles. The van der Waals surface area contributed by atoms with E-state index in [1.807, 2.05) is 53.1 Å². The van der Waals surface area contributed by atoms with Gasteiger partial charge >= 0.3 is 0 Å². The number of hydrazine groups is 1. The van der Waals surface area contributed by atoms with Crippen LogP contribution in [0.3, 0.4) is 0 Å². The average molecular weight is 478 g/mol. The molecule has 0 spiro atoms. The highest BCUT2D eigenvalue weighted by Gasteiger charge is 2.16. The summed E-state index contributed by atoms with van der Waals surface area (Å²) in [4.78, 5) is 24.4. The number of hydrogen-bond donors (Lipinski definition) is 2. The zero-order valence-electron chi connectivity index (χ0n) is 17.4. The Hall–Kier alpha value is -3.62. The van der Waals surface area contributed by atoms with Crippen molar-refractivity contribution in [3.05, 3.63) is 101 Å². The number of halogens is 1. The van der Waals surface area contributed by atoms with Crippen molar-refractivity contribution >= 4 is 35.2 Å². The maximum Gasteiger partial charge on any atom is 0.269 e. The van der Waals surface area contributed by atoms with E-state index in [1.165, 1.54) is 11.8 Å². The standard InChI is InChI=1S/C24H20ClN5O2S/c25-20-13-11-18(12-14-20)22-27-29-24(30(22)15-17-7-3-1-4-8-17)33-16-21(31)26-28-23(32)19-9-5-2-6-10-19/h1-14H,15-16H2,(H,26,31)(H,28,32). The molecule has 0 aliphatic carbocycles. The third kappa shape index (κ3) is 6.00. The van der Waals surface area contributed by atoms with Crippen molar-refractivity contribution in [3.8, 4) is 11.4 Å². The van der Waals surface area contributed by atoms with E-state index in [0.29, 0.717) is 28.1 Å². The molecule has 2 N–H and O–H groups in total. The van der Waals surface area contributed by atoms with Crippen LogP contribution in [0.1, 0.15) is 15.9 Å². The number of rotatable bonds is 7. The van der Waals surface area contributed by atoms with Gasteiger partial charge in [0.15, 0.2) is 11.0 Å². The van der Waals surface area contributed by atoms with Gasteiger partial charge in [-0.15, -0.1) is 10.2 Å². The van der Waals surface area contributed by atoms with Gasteiger partial charge in [-0.3, -0.25) is 25.0 Å². The van der Waals surface area contributed by atoms with Crippen LogP contribution < -0.4 is 10.9 Å². The third-order valence-corrected chi connectivity index (χ3v) is 5.91. The molecule has 0 atom stereocenters. The van der Waals surface area contributed by atoms with Crippen LogP contribution in [0.5, 0.6) is 0 Å². The summed E-state index contributed by atoms with van der Waals surface area (Å²) in [6.07, 6.45) is 0. The maximum absolute atomic E-state index is 12.3. The van der Waals surface area contributed by atoms with Gasteiger partial charge < -0.3 is 0 Å². The topological polar surface area (TPSA) is 88.9 Å². The zero-order valence-corrected chi connectivity index (χ0v) is 19.0. The Bertz CT molecular complexity index is 1230. The van der Waals surface area contributed by atoms with Gasteiger partial charge in [-0.05, 0) is 42.0 Å². The van der Waals surface area contributed by atoms with Crippen molar-refractivity contribution in [2.75, 3.05) is 5.75 Å². The Morgan fingerprint density at radius 2 is 1.52 bits per heavy atom. The monoisotopic (exact) mass is 477 g/mol. The predicted molar refractivity (Wildman–Crippen MR) is 129 cm³/mol. The number of amides is 2. The molecule has 9 heteroatoms. The molecule has 4 aromatic rings. The van der Waals surface area contributed by atoms with E-state index in [-0.39, 0.29) is 17.6 Å². The van der Waals surface area contributed by atoms with Crippen molar-refractivity contribution in [1.29, 1.82) is 0 Å². The van der Waals surface area contributed by atoms with Crippen LogP contribution in [0.15, 0.2) is 90.1 Å². The number of nitrogens with zero attached hydrogens (tertiary/aromatic N) is 3. The van der Waals surface area contributed by atoms with Gasteiger partial charge in [0.25, 0.3) is 5.91 Å². The molecule has 0 saturated carbocycles. The molecule has 4 rings (SSSR count). The molecule has 0 fully saturated rings. The van der Waals surface area contributed by atoms with Gasteiger partial charge in [-0.1, -0.05) is 71.9 Å². The second kappa shape index (κ2) is 10.8. The Morgan fingerprint density at radius 3 is 2.21 bits per heavy atom. The smallest absolute Gasteiger partial charge is 0.269 e. The molecule has 3 aromatic carbocycles. The van der Waals surface area contributed by atoms with Crippen LogP contribution in [0.2, 0.25) is 5.02 Å². The SMILES string of the molecule is O=C(CSc1nnc(-c2ccc(Cl)cc2)n1Cc1ccccc1)NNC(=O)c1ccccc1. The summed E-state index contributed by atoms with van der Waals surface area (Å²) in [5, 5.41) is 9.88. The Labute approximate surface area is 200 Å². The molecule has 0 bridgehead atoms. The first-order valence-corrected chi connectivity index (χ1v) is 11.5. The van der Waals surface area contributed by atoms with Crippen molar-refractivity contribution in [1.82, 2.24) is 25.6 Å². The molecule has 0 aliphatic rings. The van der Waals surface area contributed by atoms with Gasteiger partial charge in [0, 0.05) is 16.1 Å². The van der Waals surface area contributed by atoms with Crippen LogP contribution in [0.4, 0.5) is 0 Å². The summed E-state index contributed by atoms with van der Waals surface area (Å²) in [6, 6.07) is 26.0. The Kier molecular flexibility index (Phi) is 7.39. The van der Waals surface area contributed by atoms with Crippen molar-refractivity contribution < 1.29 is 9.59 Å². The van der Waals surface area contributed by atoms with Crippen LogP contribution >= 0.6 is 23.4 Å². The van der Waals surface area contributed by atoms with Gasteiger partial charge in [0.2, 0.25) is 5.91 Å². The highest BCUT2D eigenvalue weighted by molar-refractivity contribution is 7.99. The summed E-state index contributed by atoms with van der Waals surface area (Å²) in [5.41, 5.74) is 7.26. The summed E-state index contributed by atoms with van der Waals surface area (Å²) in [7, 11) is 0. The molecule has 0 radical (unpaired) electrons. The molecule has 1 aromatic heterocycles. The highest BCUT2D eigenvalue weighted by atomic mass is 35.5. The molecule has 7 nitrogen and oxygen atoms in total. The van der Waals surface area contributed by atoms with E-state index >= 15 is 0 Å². The van der Waals surface area contributed by atoms with Gasteiger partial charge in [0.1, 0.15) is 0 Å².